The minimum Gasteiger partial charge on any atom is -0.468 e. The van der Waals surface area contributed by atoms with Crippen molar-refractivity contribution in [2.24, 2.45) is 0 Å². The second-order valence-electron chi connectivity index (χ2n) is 5.20. The molecule has 0 bridgehead atoms. The van der Waals surface area contributed by atoms with Crippen molar-refractivity contribution in [1.82, 2.24) is 4.98 Å². The molecule has 2 aromatic rings. The summed E-state index contributed by atoms with van der Waals surface area (Å²) >= 11 is 0. The second kappa shape index (κ2) is 5.00. The van der Waals surface area contributed by atoms with Gasteiger partial charge in [-0.25, -0.2) is 4.98 Å². The number of nitrogens with one attached hydrogen (secondary N) is 1. The molecule has 5 heteroatoms. The maximum Gasteiger partial charge on any atom is 0.259 e. The van der Waals surface area contributed by atoms with Crippen LogP contribution in [0.5, 0.6) is 0 Å². The van der Waals surface area contributed by atoms with Gasteiger partial charge in [-0.3, -0.25) is 4.79 Å². The minimum absolute atomic E-state index is 0.142. The standard InChI is InChI=1S/C15H17N3O2/c1-18(2)14-12(4-3-8-16-14)17-15(19)11-7-9-20-13(11)10-5-6-10/h3-4,7-10H,5-6H2,1-2H3,(H,17,19). The lowest BCUT2D eigenvalue weighted by Crippen LogP contribution is -2.18. The Kier molecular flexibility index (Phi) is 3.18. The summed E-state index contributed by atoms with van der Waals surface area (Å²) < 4.78 is 5.44. The van der Waals surface area contributed by atoms with Crippen molar-refractivity contribution in [2.75, 3.05) is 24.3 Å². The number of nitrogens with zero attached hydrogens (tertiary/aromatic N) is 2. The molecule has 0 spiro atoms. The van der Waals surface area contributed by atoms with Crippen molar-refractivity contribution in [3.05, 3.63) is 42.0 Å². The van der Waals surface area contributed by atoms with E-state index in [4.69, 9.17) is 4.42 Å². The molecule has 2 aromatic heterocycles. The normalized spacial score (nSPS) is 14.1. The molecule has 1 N–H and O–H groups in total. The van der Waals surface area contributed by atoms with Crippen molar-refractivity contribution in [3.63, 3.8) is 0 Å². The van der Waals surface area contributed by atoms with Gasteiger partial charge in [0.1, 0.15) is 5.76 Å². The fourth-order valence-corrected chi connectivity index (χ4v) is 2.21. The van der Waals surface area contributed by atoms with E-state index in [-0.39, 0.29) is 5.91 Å². The highest BCUT2D eigenvalue weighted by atomic mass is 16.3. The van der Waals surface area contributed by atoms with Gasteiger partial charge in [-0.15, -0.1) is 0 Å². The second-order valence-corrected chi connectivity index (χ2v) is 5.20. The van der Waals surface area contributed by atoms with E-state index < -0.39 is 0 Å². The highest BCUT2D eigenvalue weighted by molar-refractivity contribution is 6.06. The lowest BCUT2D eigenvalue weighted by Gasteiger charge is -2.16. The summed E-state index contributed by atoms with van der Waals surface area (Å²) in [5.74, 6) is 1.81. The number of hydrogen-bond acceptors (Lipinski definition) is 4. The van der Waals surface area contributed by atoms with Crippen LogP contribution in [0.15, 0.2) is 35.1 Å². The van der Waals surface area contributed by atoms with E-state index >= 15 is 0 Å². The van der Waals surface area contributed by atoms with Crippen LogP contribution < -0.4 is 10.2 Å². The van der Waals surface area contributed by atoms with E-state index in [0.29, 0.717) is 17.2 Å². The topological polar surface area (TPSA) is 58.4 Å². The molecular formula is C15H17N3O2. The third-order valence-electron chi connectivity index (χ3n) is 3.35. The number of rotatable bonds is 4. The van der Waals surface area contributed by atoms with Crippen LogP contribution in [0.3, 0.4) is 0 Å². The first-order valence-electron chi connectivity index (χ1n) is 6.68. The highest BCUT2D eigenvalue weighted by Gasteiger charge is 2.31. The number of hydrogen-bond donors (Lipinski definition) is 1. The molecule has 0 atom stereocenters. The van der Waals surface area contributed by atoms with E-state index in [1.165, 1.54) is 0 Å². The summed E-state index contributed by atoms with van der Waals surface area (Å²) in [6, 6.07) is 5.38. The first kappa shape index (κ1) is 12.7. The number of anilines is 2. The Morgan fingerprint density at radius 3 is 2.90 bits per heavy atom. The molecule has 1 amide bonds. The van der Waals surface area contributed by atoms with Gasteiger partial charge in [0, 0.05) is 26.2 Å². The summed E-state index contributed by atoms with van der Waals surface area (Å²) in [7, 11) is 3.79. The van der Waals surface area contributed by atoms with Crippen molar-refractivity contribution in [3.8, 4) is 0 Å². The Bertz CT molecular complexity index is 630. The number of pyridine rings is 1. The minimum atomic E-state index is -0.142. The third kappa shape index (κ3) is 2.39. The molecule has 104 valence electrons. The summed E-state index contributed by atoms with van der Waals surface area (Å²) in [4.78, 5) is 18.5. The van der Waals surface area contributed by atoms with E-state index in [2.05, 4.69) is 10.3 Å². The average Bonchev–Trinajstić information content (AvgIpc) is 3.16. The molecule has 0 aromatic carbocycles. The summed E-state index contributed by atoms with van der Waals surface area (Å²) in [5, 5.41) is 2.91. The number of furan rings is 1. The predicted octanol–water partition coefficient (Wildman–Crippen LogP) is 2.87. The maximum absolute atomic E-state index is 12.4. The van der Waals surface area contributed by atoms with Gasteiger partial charge in [0.05, 0.1) is 17.5 Å². The van der Waals surface area contributed by atoms with Crippen LogP contribution in [0.25, 0.3) is 0 Å². The molecule has 1 saturated carbocycles. The molecule has 3 rings (SSSR count). The zero-order valence-corrected chi connectivity index (χ0v) is 11.6. The van der Waals surface area contributed by atoms with Crippen LogP contribution in [-0.2, 0) is 0 Å². The SMILES string of the molecule is CN(C)c1ncccc1NC(=O)c1ccoc1C1CC1. The van der Waals surface area contributed by atoms with Crippen LogP contribution in [0.4, 0.5) is 11.5 Å². The summed E-state index contributed by atoms with van der Waals surface area (Å²) in [6.07, 6.45) is 5.49. The Labute approximate surface area is 117 Å². The van der Waals surface area contributed by atoms with Gasteiger partial charge in [-0.05, 0) is 31.0 Å². The molecule has 1 aliphatic rings. The Balaban J connectivity index is 1.84. The number of carbonyl (C=O) groups excluding carboxylic acids is 1. The Hall–Kier alpha value is -2.30. The predicted molar refractivity (Wildman–Crippen MR) is 77.2 cm³/mol. The Morgan fingerprint density at radius 1 is 1.40 bits per heavy atom. The smallest absolute Gasteiger partial charge is 0.259 e. The first-order chi connectivity index (χ1) is 9.66. The summed E-state index contributed by atoms with van der Waals surface area (Å²) in [5.41, 5.74) is 1.33. The third-order valence-corrected chi connectivity index (χ3v) is 3.35. The zero-order chi connectivity index (χ0) is 14.1. The molecule has 1 fully saturated rings. The van der Waals surface area contributed by atoms with Crippen molar-refractivity contribution < 1.29 is 9.21 Å². The number of amides is 1. The lowest BCUT2D eigenvalue weighted by molar-refractivity contribution is 0.102. The van der Waals surface area contributed by atoms with E-state index in [9.17, 15) is 4.79 Å². The van der Waals surface area contributed by atoms with Gasteiger partial charge in [0.2, 0.25) is 0 Å². The van der Waals surface area contributed by atoms with Gasteiger partial charge >= 0.3 is 0 Å². The molecule has 0 saturated heterocycles. The first-order valence-corrected chi connectivity index (χ1v) is 6.68. The van der Waals surface area contributed by atoms with Crippen molar-refractivity contribution in [1.29, 1.82) is 0 Å². The van der Waals surface area contributed by atoms with Gasteiger partial charge in [-0.2, -0.15) is 0 Å². The summed E-state index contributed by atoms with van der Waals surface area (Å²) in [6.45, 7) is 0. The molecule has 5 nitrogen and oxygen atoms in total. The quantitative estimate of drug-likeness (QED) is 0.929. The monoisotopic (exact) mass is 271 g/mol. The van der Waals surface area contributed by atoms with Crippen LogP contribution in [0.1, 0.15) is 34.9 Å². The largest absolute Gasteiger partial charge is 0.468 e. The molecule has 1 aliphatic carbocycles. The number of aromatic nitrogens is 1. The average molecular weight is 271 g/mol. The van der Waals surface area contributed by atoms with E-state index in [0.717, 1.165) is 24.4 Å². The van der Waals surface area contributed by atoms with Crippen molar-refractivity contribution >= 4 is 17.4 Å². The van der Waals surface area contributed by atoms with Gasteiger partial charge in [0.15, 0.2) is 5.82 Å². The van der Waals surface area contributed by atoms with Crippen LogP contribution in [0, 0.1) is 0 Å². The number of carbonyl (C=O) groups is 1. The highest BCUT2D eigenvalue weighted by Crippen LogP contribution is 2.42. The molecule has 20 heavy (non-hydrogen) atoms. The van der Waals surface area contributed by atoms with Gasteiger partial charge in [0.25, 0.3) is 5.91 Å². The zero-order valence-electron chi connectivity index (χ0n) is 11.6. The van der Waals surface area contributed by atoms with Crippen molar-refractivity contribution in [2.45, 2.75) is 18.8 Å². The van der Waals surface area contributed by atoms with Crippen LogP contribution in [0.2, 0.25) is 0 Å². The molecule has 0 radical (unpaired) electrons. The van der Waals surface area contributed by atoms with Gasteiger partial charge in [-0.1, -0.05) is 0 Å². The lowest BCUT2D eigenvalue weighted by atomic mass is 10.1. The molecule has 2 heterocycles. The van der Waals surface area contributed by atoms with E-state index in [1.807, 2.05) is 25.1 Å². The fraction of sp³-hybridized carbons (Fsp3) is 0.333. The van der Waals surface area contributed by atoms with Crippen LogP contribution >= 0.6 is 0 Å². The molecule has 0 aliphatic heterocycles. The van der Waals surface area contributed by atoms with Crippen LogP contribution in [-0.4, -0.2) is 25.0 Å². The van der Waals surface area contributed by atoms with Gasteiger partial charge < -0.3 is 14.6 Å². The van der Waals surface area contributed by atoms with E-state index in [1.54, 1.807) is 24.6 Å². The molecular weight excluding hydrogens is 254 g/mol. The fourth-order valence-electron chi connectivity index (χ4n) is 2.21. The molecule has 0 unspecified atom stereocenters. The Morgan fingerprint density at radius 2 is 2.20 bits per heavy atom. The maximum atomic E-state index is 12.4.